The minimum Gasteiger partial charge on any atom is -0.478 e. The molecule has 22 heavy (non-hydrogen) atoms. The van der Waals surface area contributed by atoms with Crippen LogP contribution in [0.2, 0.25) is 0 Å². The number of hydrogen-bond donors (Lipinski definition) is 0. The SMILES string of the molecule is CCOc1ccc(-n2c(C)c3c(C)nnc(C)c3c2C)cn1. The summed E-state index contributed by atoms with van der Waals surface area (Å²) < 4.78 is 7.62. The summed E-state index contributed by atoms with van der Waals surface area (Å²) in [6, 6.07) is 3.93. The summed E-state index contributed by atoms with van der Waals surface area (Å²) in [6.07, 6.45) is 1.84. The molecule has 0 unspecified atom stereocenters. The number of hydrogen-bond acceptors (Lipinski definition) is 4. The Hall–Kier alpha value is -2.43. The summed E-state index contributed by atoms with van der Waals surface area (Å²) in [5, 5.41) is 10.9. The lowest BCUT2D eigenvalue weighted by Gasteiger charge is -2.10. The van der Waals surface area contributed by atoms with E-state index in [2.05, 4.69) is 33.6 Å². The summed E-state index contributed by atoms with van der Waals surface area (Å²) in [5.41, 5.74) is 5.26. The second-order valence-corrected chi connectivity index (χ2v) is 5.41. The third-order valence-electron chi connectivity index (χ3n) is 3.99. The van der Waals surface area contributed by atoms with Crippen molar-refractivity contribution in [3.8, 4) is 11.6 Å². The van der Waals surface area contributed by atoms with E-state index in [-0.39, 0.29) is 0 Å². The van der Waals surface area contributed by atoms with Crippen LogP contribution in [-0.2, 0) is 0 Å². The van der Waals surface area contributed by atoms with Crippen molar-refractivity contribution in [2.45, 2.75) is 34.6 Å². The van der Waals surface area contributed by atoms with Gasteiger partial charge in [0.2, 0.25) is 5.88 Å². The maximum absolute atomic E-state index is 5.41. The molecule has 0 saturated carbocycles. The first kappa shape index (κ1) is 14.5. The molecule has 0 amide bonds. The van der Waals surface area contributed by atoms with Crippen LogP contribution in [0.5, 0.6) is 5.88 Å². The van der Waals surface area contributed by atoms with Crippen molar-refractivity contribution in [3.05, 3.63) is 41.1 Å². The van der Waals surface area contributed by atoms with E-state index in [0.29, 0.717) is 12.5 Å². The average Bonchev–Trinajstić information content (AvgIpc) is 2.77. The molecule has 5 nitrogen and oxygen atoms in total. The fourth-order valence-corrected chi connectivity index (χ4v) is 3.10. The zero-order chi connectivity index (χ0) is 15.9. The molecule has 0 saturated heterocycles. The van der Waals surface area contributed by atoms with E-state index in [1.54, 1.807) is 0 Å². The lowest BCUT2D eigenvalue weighted by atomic mass is 10.1. The first-order valence-electron chi connectivity index (χ1n) is 7.45. The van der Waals surface area contributed by atoms with Crippen LogP contribution in [0.1, 0.15) is 29.7 Å². The van der Waals surface area contributed by atoms with Crippen molar-refractivity contribution < 1.29 is 4.74 Å². The Morgan fingerprint density at radius 1 is 0.955 bits per heavy atom. The van der Waals surface area contributed by atoms with Crippen LogP contribution in [0.25, 0.3) is 16.5 Å². The quantitative estimate of drug-likeness (QED) is 0.743. The smallest absolute Gasteiger partial charge is 0.213 e. The third kappa shape index (κ3) is 2.13. The van der Waals surface area contributed by atoms with Gasteiger partial charge >= 0.3 is 0 Å². The zero-order valence-corrected chi connectivity index (χ0v) is 13.6. The lowest BCUT2D eigenvalue weighted by molar-refractivity contribution is 0.327. The Bertz CT molecular complexity index is 789. The van der Waals surface area contributed by atoms with Crippen molar-refractivity contribution in [1.29, 1.82) is 0 Å². The molecule has 3 rings (SSSR count). The van der Waals surface area contributed by atoms with Crippen LogP contribution in [0.15, 0.2) is 18.3 Å². The number of rotatable bonds is 3. The fourth-order valence-electron chi connectivity index (χ4n) is 3.10. The van der Waals surface area contributed by atoms with Gasteiger partial charge < -0.3 is 9.30 Å². The average molecular weight is 296 g/mol. The minimum absolute atomic E-state index is 0.619. The summed E-state index contributed by atoms with van der Waals surface area (Å²) in [6.45, 7) is 10.8. The molecule has 0 atom stereocenters. The van der Waals surface area contributed by atoms with Gasteiger partial charge in [-0.05, 0) is 40.7 Å². The van der Waals surface area contributed by atoms with E-state index in [1.807, 2.05) is 39.1 Å². The number of fused-ring (bicyclic) bond motifs is 1. The van der Waals surface area contributed by atoms with Crippen molar-refractivity contribution in [1.82, 2.24) is 19.7 Å². The summed E-state index contributed by atoms with van der Waals surface area (Å²) in [5.74, 6) is 0.647. The monoisotopic (exact) mass is 296 g/mol. The van der Waals surface area contributed by atoms with Gasteiger partial charge in [0, 0.05) is 28.2 Å². The molecular weight excluding hydrogens is 276 g/mol. The molecule has 0 bridgehead atoms. The van der Waals surface area contributed by atoms with Gasteiger partial charge in [0.1, 0.15) is 0 Å². The molecule has 114 valence electrons. The molecule has 0 radical (unpaired) electrons. The molecule has 0 aliphatic rings. The first-order valence-corrected chi connectivity index (χ1v) is 7.45. The van der Waals surface area contributed by atoms with Crippen LogP contribution in [0.3, 0.4) is 0 Å². The van der Waals surface area contributed by atoms with Gasteiger partial charge in [-0.1, -0.05) is 0 Å². The molecule has 0 spiro atoms. The summed E-state index contributed by atoms with van der Waals surface area (Å²) >= 11 is 0. The second-order valence-electron chi connectivity index (χ2n) is 5.41. The van der Waals surface area contributed by atoms with Crippen LogP contribution in [-0.4, -0.2) is 26.4 Å². The van der Waals surface area contributed by atoms with Crippen molar-refractivity contribution in [2.75, 3.05) is 6.61 Å². The van der Waals surface area contributed by atoms with Gasteiger partial charge in [0.15, 0.2) is 0 Å². The first-order chi connectivity index (χ1) is 10.5. The highest BCUT2D eigenvalue weighted by molar-refractivity contribution is 5.92. The molecule has 3 aromatic rings. The Labute approximate surface area is 130 Å². The zero-order valence-electron chi connectivity index (χ0n) is 13.6. The number of pyridine rings is 1. The second kappa shape index (κ2) is 5.40. The van der Waals surface area contributed by atoms with E-state index < -0.39 is 0 Å². The summed E-state index contributed by atoms with van der Waals surface area (Å²) in [4.78, 5) is 4.37. The van der Waals surface area contributed by atoms with Crippen LogP contribution in [0, 0.1) is 27.7 Å². The molecule has 0 aliphatic carbocycles. The van der Waals surface area contributed by atoms with Gasteiger partial charge in [-0.15, -0.1) is 0 Å². The molecule has 0 N–H and O–H groups in total. The van der Waals surface area contributed by atoms with E-state index in [0.717, 1.165) is 28.5 Å². The van der Waals surface area contributed by atoms with Gasteiger partial charge in [-0.3, -0.25) is 0 Å². The summed E-state index contributed by atoms with van der Waals surface area (Å²) in [7, 11) is 0. The van der Waals surface area contributed by atoms with E-state index in [9.17, 15) is 0 Å². The lowest BCUT2D eigenvalue weighted by Crippen LogP contribution is -2.01. The van der Waals surface area contributed by atoms with E-state index in [4.69, 9.17) is 4.74 Å². The van der Waals surface area contributed by atoms with Crippen LogP contribution >= 0.6 is 0 Å². The molecule has 3 aromatic heterocycles. The number of aromatic nitrogens is 4. The Kier molecular flexibility index (Phi) is 3.56. The molecule has 3 heterocycles. The molecular formula is C17H20N4O. The number of aryl methyl sites for hydroxylation is 4. The highest BCUT2D eigenvalue weighted by Crippen LogP contribution is 2.31. The highest BCUT2D eigenvalue weighted by Gasteiger charge is 2.17. The van der Waals surface area contributed by atoms with E-state index >= 15 is 0 Å². The maximum Gasteiger partial charge on any atom is 0.213 e. The highest BCUT2D eigenvalue weighted by atomic mass is 16.5. The van der Waals surface area contributed by atoms with Gasteiger partial charge in [-0.25, -0.2) is 4.98 Å². The Morgan fingerprint density at radius 3 is 2.00 bits per heavy atom. The minimum atomic E-state index is 0.619. The van der Waals surface area contributed by atoms with Crippen LogP contribution in [0.4, 0.5) is 0 Å². The van der Waals surface area contributed by atoms with Crippen molar-refractivity contribution in [3.63, 3.8) is 0 Å². The predicted molar refractivity (Wildman–Crippen MR) is 86.8 cm³/mol. The Balaban J connectivity index is 2.23. The normalized spacial score (nSPS) is 11.1. The largest absolute Gasteiger partial charge is 0.478 e. The molecule has 5 heteroatoms. The maximum atomic E-state index is 5.41. The number of ether oxygens (including phenoxy) is 1. The fraction of sp³-hybridized carbons (Fsp3) is 0.353. The van der Waals surface area contributed by atoms with Crippen molar-refractivity contribution >= 4 is 10.8 Å². The Morgan fingerprint density at radius 2 is 1.55 bits per heavy atom. The van der Waals surface area contributed by atoms with Gasteiger partial charge in [0.25, 0.3) is 0 Å². The van der Waals surface area contributed by atoms with Gasteiger partial charge in [-0.2, -0.15) is 10.2 Å². The third-order valence-corrected chi connectivity index (χ3v) is 3.99. The van der Waals surface area contributed by atoms with Gasteiger partial charge in [0.05, 0.1) is 29.9 Å². The predicted octanol–water partition coefficient (Wildman–Crippen LogP) is 3.45. The topological polar surface area (TPSA) is 52.8 Å². The van der Waals surface area contributed by atoms with E-state index in [1.165, 1.54) is 10.8 Å². The molecule has 0 fully saturated rings. The number of nitrogens with zero attached hydrogens (tertiary/aromatic N) is 4. The standard InChI is InChI=1S/C17H20N4O/c1-6-22-15-8-7-14(9-18-15)21-12(4)16-10(2)19-20-11(3)17(16)13(21)5/h7-9H,6H2,1-5H3. The molecule has 0 aliphatic heterocycles. The molecule has 0 aromatic carbocycles. The van der Waals surface area contributed by atoms with Crippen LogP contribution < -0.4 is 4.74 Å². The van der Waals surface area contributed by atoms with Crippen molar-refractivity contribution in [2.24, 2.45) is 0 Å².